The van der Waals surface area contributed by atoms with Crippen LogP contribution in [-0.4, -0.2) is 9.97 Å². The molecular formula is C17H15F3N6. The first-order valence-corrected chi connectivity index (χ1v) is 7.50. The lowest BCUT2D eigenvalue weighted by atomic mass is 10.1. The molecule has 0 atom stereocenters. The molecule has 0 bridgehead atoms. The lowest BCUT2D eigenvalue weighted by Gasteiger charge is -2.11. The van der Waals surface area contributed by atoms with Crippen molar-refractivity contribution in [3.05, 3.63) is 60.3 Å². The van der Waals surface area contributed by atoms with Crippen molar-refractivity contribution in [1.29, 1.82) is 0 Å². The van der Waals surface area contributed by atoms with Gasteiger partial charge in [-0.1, -0.05) is 12.1 Å². The molecule has 6 N–H and O–H groups in total. The summed E-state index contributed by atoms with van der Waals surface area (Å²) < 4.78 is 38.4. The van der Waals surface area contributed by atoms with Crippen molar-refractivity contribution in [2.24, 2.45) is 5.84 Å². The minimum Gasteiger partial charge on any atom is -0.397 e. The first-order chi connectivity index (χ1) is 12.4. The zero-order valence-corrected chi connectivity index (χ0v) is 13.4. The normalized spacial score (nSPS) is 11.2. The molecule has 2 aromatic carbocycles. The van der Waals surface area contributed by atoms with Crippen LogP contribution in [0.4, 0.5) is 36.2 Å². The Morgan fingerprint density at radius 2 is 1.81 bits per heavy atom. The summed E-state index contributed by atoms with van der Waals surface area (Å²) in [6.45, 7) is 0. The van der Waals surface area contributed by atoms with Gasteiger partial charge in [-0.2, -0.15) is 13.2 Å². The quantitative estimate of drug-likeness (QED) is 0.321. The number of nitrogens with one attached hydrogen (secondary N) is 2. The molecule has 0 aliphatic rings. The SMILES string of the molecule is NNc1ccc(-c2ccnc(Nc3cccc(C(F)(F)F)c3)n2)cc1N. The topological polar surface area (TPSA) is 102 Å². The molecule has 0 saturated carbocycles. The highest BCUT2D eigenvalue weighted by molar-refractivity contribution is 5.74. The van der Waals surface area contributed by atoms with E-state index in [4.69, 9.17) is 11.6 Å². The van der Waals surface area contributed by atoms with Crippen molar-refractivity contribution in [1.82, 2.24) is 9.97 Å². The molecule has 0 amide bonds. The minimum absolute atomic E-state index is 0.168. The summed E-state index contributed by atoms with van der Waals surface area (Å²) in [4.78, 5) is 8.36. The summed E-state index contributed by atoms with van der Waals surface area (Å²) in [5.41, 5.74) is 10.1. The molecule has 0 spiro atoms. The van der Waals surface area contributed by atoms with Crippen LogP contribution < -0.4 is 22.3 Å². The van der Waals surface area contributed by atoms with Gasteiger partial charge in [0.05, 0.1) is 22.6 Å². The van der Waals surface area contributed by atoms with Crippen LogP contribution in [0, 0.1) is 0 Å². The molecule has 0 aliphatic heterocycles. The molecule has 0 radical (unpaired) electrons. The van der Waals surface area contributed by atoms with Crippen LogP contribution >= 0.6 is 0 Å². The Balaban J connectivity index is 1.87. The Hall–Kier alpha value is -3.33. The van der Waals surface area contributed by atoms with Crippen molar-refractivity contribution >= 4 is 23.0 Å². The summed E-state index contributed by atoms with van der Waals surface area (Å²) >= 11 is 0. The number of hydrogen-bond donors (Lipinski definition) is 4. The molecule has 6 nitrogen and oxygen atoms in total. The van der Waals surface area contributed by atoms with Crippen LogP contribution in [0.25, 0.3) is 11.3 Å². The fourth-order valence-electron chi connectivity index (χ4n) is 2.34. The molecule has 0 saturated heterocycles. The number of alkyl halides is 3. The number of benzene rings is 2. The van der Waals surface area contributed by atoms with Crippen LogP contribution in [0.3, 0.4) is 0 Å². The maximum absolute atomic E-state index is 12.8. The third kappa shape index (κ3) is 3.83. The van der Waals surface area contributed by atoms with Crippen LogP contribution in [-0.2, 0) is 6.18 Å². The van der Waals surface area contributed by atoms with Gasteiger partial charge in [0.25, 0.3) is 0 Å². The molecule has 0 fully saturated rings. The van der Waals surface area contributed by atoms with Gasteiger partial charge in [-0.05, 0) is 36.4 Å². The van der Waals surface area contributed by atoms with E-state index < -0.39 is 11.7 Å². The number of hydrogen-bond acceptors (Lipinski definition) is 6. The van der Waals surface area contributed by atoms with Crippen LogP contribution in [0.2, 0.25) is 0 Å². The Morgan fingerprint density at radius 1 is 1.00 bits per heavy atom. The van der Waals surface area contributed by atoms with Gasteiger partial charge in [-0.15, -0.1) is 0 Å². The van der Waals surface area contributed by atoms with E-state index in [1.165, 1.54) is 18.3 Å². The molecule has 3 aromatic rings. The lowest BCUT2D eigenvalue weighted by molar-refractivity contribution is -0.137. The van der Waals surface area contributed by atoms with E-state index >= 15 is 0 Å². The fraction of sp³-hybridized carbons (Fsp3) is 0.0588. The molecule has 0 unspecified atom stereocenters. The summed E-state index contributed by atoms with van der Waals surface area (Å²) in [6, 6.07) is 11.6. The highest BCUT2D eigenvalue weighted by Crippen LogP contribution is 2.31. The van der Waals surface area contributed by atoms with E-state index in [9.17, 15) is 13.2 Å². The van der Waals surface area contributed by atoms with Crippen molar-refractivity contribution < 1.29 is 13.2 Å². The first kappa shape index (κ1) is 17.5. The molecule has 134 valence electrons. The maximum atomic E-state index is 12.8. The van der Waals surface area contributed by atoms with Crippen molar-refractivity contribution in [2.75, 3.05) is 16.5 Å². The number of hydrazine groups is 1. The van der Waals surface area contributed by atoms with Gasteiger partial charge >= 0.3 is 6.18 Å². The van der Waals surface area contributed by atoms with E-state index in [2.05, 4.69) is 20.7 Å². The van der Waals surface area contributed by atoms with Crippen molar-refractivity contribution in [3.63, 3.8) is 0 Å². The predicted octanol–water partition coefficient (Wildman–Crippen LogP) is 3.77. The van der Waals surface area contributed by atoms with Gasteiger partial charge in [-0.25, -0.2) is 9.97 Å². The molecule has 1 aromatic heterocycles. The molecule has 9 heteroatoms. The van der Waals surface area contributed by atoms with Crippen molar-refractivity contribution in [3.8, 4) is 11.3 Å². The first-order valence-electron chi connectivity index (χ1n) is 7.50. The average Bonchev–Trinajstić information content (AvgIpc) is 2.61. The average molecular weight is 360 g/mol. The van der Waals surface area contributed by atoms with Gasteiger partial charge in [0.15, 0.2) is 0 Å². The number of nitrogens with zero attached hydrogens (tertiary/aromatic N) is 2. The van der Waals surface area contributed by atoms with Gasteiger partial charge in [-0.3, -0.25) is 5.84 Å². The Morgan fingerprint density at radius 3 is 2.50 bits per heavy atom. The van der Waals surface area contributed by atoms with E-state index in [0.717, 1.165) is 17.7 Å². The molecule has 0 aliphatic carbocycles. The smallest absolute Gasteiger partial charge is 0.397 e. The Labute approximate surface area is 147 Å². The van der Waals surface area contributed by atoms with E-state index in [1.54, 1.807) is 24.3 Å². The number of rotatable bonds is 4. The standard InChI is InChI=1S/C17H15F3N6/c18-17(19,20)11-2-1-3-12(9-11)24-16-23-7-6-14(25-16)10-4-5-15(26-22)13(21)8-10/h1-9,26H,21-22H2,(H,23,24,25). The molecular weight excluding hydrogens is 345 g/mol. The Bertz CT molecular complexity index is 926. The molecule has 3 rings (SSSR count). The fourth-order valence-corrected chi connectivity index (χ4v) is 2.34. The Kier molecular flexibility index (Phi) is 4.63. The third-order valence-electron chi connectivity index (χ3n) is 3.60. The second-order valence-electron chi connectivity index (χ2n) is 5.42. The number of anilines is 4. The number of halogens is 3. The largest absolute Gasteiger partial charge is 0.416 e. The number of nitrogens with two attached hydrogens (primary N) is 2. The van der Waals surface area contributed by atoms with Crippen LogP contribution in [0.1, 0.15) is 5.56 Å². The van der Waals surface area contributed by atoms with Crippen LogP contribution in [0.15, 0.2) is 54.7 Å². The second-order valence-corrected chi connectivity index (χ2v) is 5.42. The highest BCUT2D eigenvalue weighted by atomic mass is 19.4. The van der Waals surface area contributed by atoms with Gasteiger partial charge in [0, 0.05) is 17.4 Å². The third-order valence-corrected chi connectivity index (χ3v) is 3.60. The zero-order chi connectivity index (χ0) is 18.7. The van der Waals surface area contributed by atoms with Crippen LogP contribution in [0.5, 0.6) is 0 Å². The second kappa shape index (κ2) is 6.89. The van der Waals surface area contributed by atoms with E-state index in [1.807, 2.05) is 0 Å². The maximum Gasteiger partial charge on any atom is 0.416 e. The number of aromatic nitrogens is 2. The summed E-state index contributed by atoms with van der Waals surface area (Å²) in [7, 11) is 0. The van der Waals surface area contributed by atoms with Gasteiger partial charge < -0.3 is 16.5 Å². The van der Waals surface area contributed by atoms with E-state index in [0.29, 0.717) is 17.1 Å². The number of nitrogen functional groups attached to an aromatic ring is 2. The monoisotopic (exact) mass is 360 g/mol. The molecule has 1 heterocycles. The van der Waals surface area contributed by atoms with Gasteiger partial charge in [0.1, 0.15) is 0 Å². The summed E-state index contributed by atoms with van der Waals surface area (Å²) in [5, 5.41) is 2.78. The lowest BCUT2D eigenvalue weighted by Crippen LogP contribution is -2.09. The summed E-state index contributed by atoms with van der Waals surface area (Å²) in [5.74, 6) is 5.51. The van der Waals surface area contributed by atoms with Gasteiger partial charge in [0.2, 0.25) is 5.95 Å². The summed E-state index contributed by atoms with van der Waals surface area (Å²) in [6.07, 6.45) is -2.92. The highest BCUT2D eigenvalue weighted by Gasteiger charge is 2.30. The minimum atomic E-state index is -4.42. The zero-order valence-electron chi connectivity index (χ0n) is 13.4. The van der Waals surface area contributed by atoms with E-state index in [-0.39, 0.29) is 11.6 Å². The molecule has 26 heavy (non-hydrogen) atoms. The van der Waals surface area contributed by atoms with Crippen molar-refractivity contribution in [2.45, 2.75) is 6.18 Å². The predicted molar refractivity (Wildman–Crippen MR) is 94.4 cm³/mol.